The van der Waals surface area contributed by atoms with Crippen molar-refractivity contribution >= 4 is 45.2 Å². The number of rotatable bonds is 4. The Labute approximate surface area is 185 Å². The summed E-state index contributed by atoms with van der Waals surface area (Å²) in [5.74, 6) is 1.01. The second-order valence-corrected chi connectivity index (χ2v) is 8.45. The molecule has 6 nitrogen and oxygen atoms in total. The van der Waals surface area contributed by atoms with E-state index in [4.69, 9.17) is 16.0 Å². The smallest absolute Gasteiger partial charge is 0.241 e. The predicted molar refractivity (Wildman–Crippen MR) is 122 cm³/mol. The van der Waals surface area contributed by atoms with Crippen LogP contribution >= 0.6 is 11.6 Å². The Morgan fingerprint density at radius 1 is 1.16 bits per heavy atom. The molecule has 1 fully saturated rings. The third kappa shape index (κ3) is 4.01. The molecule has 158 valence electrons. The number of pyridine rings is 1. The molecule has 4 aromatic rings. The van der Waals surface area contributed by atoms with Crippen molar-refractivity contribution < 1.29 is 9.21 Å². The number of anilines is 1. The van der Waals surface area contributed by atoms with E-state index in [1.165, 1.54) is 0 Å². The summed E-state index contributed by atoms with van der Waals surface area (Å²) in [6.45, 7) is 3.59. The van der Waals surface area contributed by atoms with Gasteiger partial charge in [-0.05, 0) is 75.3 Å². The molecule has 5 rings (SSSR count). The highest BCUT2D eigenvalue weighted by Gasteiger charge is 2.29. The minimum atomic E-state index is -0.227. The van der Waals surface area contributed by atoms with Gasteiger partial charge in [0.1, 0.15) is 5.52 Å². The van der Waals surface area contributed by atoms with Crippen LogP contribution in [0.1, 0.15) is 31.6 Å². The number of likely N-dealkylation sites (tertiary alicyclic amines) is 1. The van der Waals surface area contributed by atoms with E-state index in [1.807, 2.05) is 55.5 Å². The van der Waals surface area contributed by atoms with Crippen LogP contribution in [-0.2, 0) is 4.79 Å². The van der Waals surface area contributed by atoms with Gasteiger partial charge in [0.05, 0.1) is 17.2 Å². The maximum Gasteiger partial charge on any atom is 0.241 e. The van der Waals surface area contributed by atoms with Crippen molar-refractivity contribution in [1.29, 1.82) is 0 Å². The van der Waals surface area contributed by atoms with Crippen molar-refractivity contribution in [2.45, 2.75) is 31.7 Å². The van der Waals surface area contributed by atoms with Gasteiger partial charge < -0.3 is 9.73 Å². The first-order valence-corrected chi connectivity index (χ1v) is 10.9. The third-order valence-electron chi connectivity index (χ3n) is 6.08. The number of amides is 1. The number of nitrogens with zero attached hydrogens (tertiary/aromatic N) is 3. The molecule has 1 aliphatic heterocycles. The van der Waals surface area contributed by atoms with Crippen LogP contribution in [-0.4, -0.2) is 39.9 Å². The number of hydrogen-bond acceptors (Lipinski definition) is 5. The summed E-state index contributed by atoms with van der Waals surface area (Å²) in [5.41, 5.74) is 3.22. The highest BCUT2D eigenvalue weighted by Crippen LogP contribution is 2.31. The summed E-state index contributed by atoms with van der Waals surface area (Å²) >= 11 is 6.06. The van der Waals surface area contributed by atoms with Gasteiger partial charge in [-0.25, -0.2) is 4.98 Å². The number of nitrogens with one attached hydrogen (secondary N) is 1. The largest absolute Gasteiger partial charge is 0.440 e. The van der Waals surface area contributed by atoms with E-state index < -0.39 is 0 Å². The first-order chi connectivity index (χ1) is 15.1. The van der Waals surface area contributed by atoms with Gasteiger partial charge in [0.25, 0.3) is 0 Å². The van der Waals surface area contributed by atoms with Gasteiger partial charge in [0.15, 0.2) is 11.5 Å². The molecular weight excluding hydrogens is 412 g/mol. The molecule has 0 spiro atoms. The quantitative estimate of drug-likeness (QED) is 0.475. The van der Waals surface area contributed by atoms with Gasteiger partial charge in [-0.2, -0.15) is 0 Å². The maximum absolute atomic E-state index is 12.9. The molecule has 0 saturated carbocycles. The Hall–Kier alpha value is -2.96. The molecule has 1 saturated heterocycles. The lowest BCUT2D eigenvalue weighted by Crippen LogP contribution is -2.45. The van der Waals surface area contributed by atoms with Crippen molar-refractivity contribution in [2.75, 3.05) is 18.4 Å². The third-order valence-corrected chi connectivity index (χ3v) is 6.31. The molecule has 0 aliphatic carbocycles. The van der Waals surface area contributed by atoms with Gasteiger partial charge in [0, 0.05) is 22.5 Å². The minimum Gasteiger partial charge on any atom is -0.440 e. The summed E-state index contributed by atoms with van der Waals surface area (Å²) in [4.78, 5) is 24.1. The SMILES string of the molecule is CC(C(=O)Nc1cccc2ncccc12)N1CCC(c2nc3cc(Cl)ccc3o2)CC1. The molecule has 0 bridgehead atoms. The van der Waals surface area contributed by atoms with E-state index >= 15 is 0 Å². The number of fused-ring (bicyclic) bond motifs is 2. The Kier molecular flexibility index (Phi) is 5.34. The monoisotopic (exact) mass is 434 g/mol. The number of carbonyl (C=O) groups excluding carboxylic acids is 1. The molecule has 7 heteroatoms. The van der Waals surface area contributed by atoms with Gasteiger partial charge in [-0.1, -0.05) is 17.7 Å². The van der Waals surface area contributed by atoms with E-state index in [2.05, 4.69) is 20.2 Å². The fraction of sp³-hybridized carbons (Fsp3) is 0.292. The number of oxazole rings is 1. The molecule has 1 N–H and O–H groups in total. The summed E-state index contributed by atoms with van der Waals surface area (Å²) in [6.07, 6.45) is 3.55. The summed E-state index contributed by atoms with van der Waals surface area (Å²) < 4.78 is 5.95. The van der Waals surface area contributed by atoms with E-state index in [0.717, 1.165) is 59.5 Å². The highest BCUT2D eigenvalue weighted by molar-refractivity contribution is 6.31. The van der Waals surface area contributed by atoms with Gasteiger partial charge in [-0.15, -0.1) is 0 Å². The average Bonchev–Trinajstić information content (AvgIpc) is 3.22. The first kappa shape index (κ1) is 20.0. The molecule has 1 atom stereocenters. The van der Waals surface area contributed by atoms with Crippen molar-refractivity contribution in [2.24, 2.45) is 0 Å². The number of hydrogen-bond donors (Lipinski definition) is 1. The fourth-order valence-corrected chi connectivity index (χ4v) is 4.41. The molecule has 2 aromatic carbocycles. The number of halogens is 1. The molecule has 1 aliphatic rings. The normalized spacial score (nSPS) is 16.6. The minimum absolute atomic E-state index is 0.00805. The Balaban J connectivity index is 1.24. The standard InChI is InChI=1S/C24H23ClN4O2/c1-15(23(30)27-20-6-2-5-19-18(20)4-3-11-26-19)29-12-9-16(10-13-29)24-28-21-14-17(25)7-8-22(21)31-24/h2-8,11,14-16H,9-10,12-13H2,1H3,(H,27,30). The van der Waals surface area contributed by atoms with Crippen LogP contribution in [0.4, 0.5) is 5.69 Å². The van der Waals surface area contributed by atoms with Crippen LogP contribution in [0.2, 0.25) is 5.02 Å². The van der Waals surface area contributed by atoms with Crippen molar-refractivity contribution in [3.8, 4) is 0 Å². The topological polar surface area (TPSA) is 71.3 Å². The summed E-state index contributed by atoms with van der Waals surface area (Å²) in [7, 11) is 0. The zero-order valence-electron chi connectivity index (χ0n) is 17.2. The van der Waals surface area contributed by atoms with E-state index in [-0.39, 0.29) is 17.9 Å². The molecule has 2 aromatic heterocycles. The molecule has 3 heterocycles. The number of piperidine rings is 1. The summed E-state index contributed by atoms with van der Waals surface area (Å²) in [6, 6.07) is 14.9. The van der Waals surface area contributed by atoms with Gasteiger partial charge in [0.2, 0.25) is 5.91 Å². The van der Waals surface area contributed by atoms with E-state index in [1.54, 1.807) is 6.20 Å². The molecule has 0 radical (unpaired) electrons. The fourth-order valence-electron chi connectivity index (χ4n) is 4.24. The predicted octanol–water partition coefficient (Wildman–Crippen LogP) is 5.24. The van der Waals surface area contributed by atoms with Crippen LogP contribution in [0.15, 0.2) is 59.1 Å². The van der Waals surface area contributed by atoms with Gasteiger partial charge in [-0.3, -0.25) is 14.7 Å². The van der Waals surface area contributed by atoms with Crippen LogP contribution in [0, 0.1) is 0 Å². The zero-order chi connectivity index (χ0) is 21.4. The van der Waals surface area contributed by atoms with Crippen LogP contribution in [0.5, 0.6) is 0 Å². The van der Waals surface area contributed by atoms with E-state index in [0.29, 0.717) is 5.02 Å². The highest BCUT2D eigenvalue weighted by atomic mass is 35.5. The van der Waals surface area contributed by atoms with Crippen LogP contribution in [0.3, 0.4) is 0 Å². The second-order valence-electron chi connectivity index (χ2n) is 8.02. The number of aromatic nitrogens is 2. The van der Waals surface area contributed by atoms with Crippen molar-refractivity contribution in [3.05, 3.63) is 65.6 Å². The number of carbonyl (C=O) groups is 1. The molecule has 31 heavy (non-hydrogen) atoms. The van der Waals surface area contributed by atoms with Crippen molar-refractivity contribution in [1.82, 2.24) is 14.9 Å². The lowest BCUT2D eigenvalue weighted by atomic mass is 9.95. The zero-order valence-corrected chi connectivity index (χ0v) is 18.0. The lowest BCUT2D eigenvalue weighted by Gasteiger charge is -2.34. The first-order valence-electron chi connectivity index (χ1n) is 10.5. The molecular formula is C24H23ClN4O2. The van der Waals surface area contributed by atoms with Crippen molar-refractivity contribution in [3.63, 3.8) is 0 Å². The van der Waals surface area contributed by atoms with Crippen LogP contribution < -0.4 is 5.32 Å². The Morgan fingerprint density at radius 3 is 2.84 bits per heavy atom. The average molecular weight is 435 g/mol. The number of benzene rings is 2. The Bertz CT molecular complexity index is 1240. The summed E-state index contributed by atoms with van der Waals surface area (Å²) in [5, 5.41) is 4.69. The van der Waals surface area contributed by atoms with Crippen LogP contribution in [0.25, 0.3) is 22.0 Å². The maximum atomic E-state index is 12.9. The molecule has 1 unspecified atom stereocenters. The van der Waals surface area contributed by atoms with E-state index in [9.17, 15) is 4.79 Å². The molecule has 1 amide bonds. The van der Waals surface area contributed by atoms with Gasteiger partial charge >= 0.3 is 0 Å². The second kappa shape index (κ2) is 8.29. The Morgan fingerprint density at radius 2 is 2.00 bits per heavy atom. The lowest BCUT2D eigenvalue weighted by molar-refractivity contribution is -0.121.